The lowest BCUT2D eigenvalue weighted by Crippen LogP contribution is -2.32. The van der Waals surface area contributed by atoms with Crippen molar-refractivity contribution in [2.24, 2.45) is 0 Å². The molecule has 0 unspecified atom stereocenters. The standard InChI is InChI=1S/C23H26N4O2S/c1-2-17-10-12-18(13-11-17)22-24-23(26-25-22)30-16-21(28)27(15-20-9-6-14-29-20)19-7-4-3-5-8-19/h6-7,9-14H,2-5,8,15-16H2,1H3,(H,24,25,26). The Morgan fingerprint density at radius 3 is 2.80 bits per heavy atom. The smallest absolute Gasteiger partial charge is 0.237 e. The molecule has 1 aliphatic carbocycles. The van der Waals surface area contributed by atoms with E-state index in [1.54, 1.807) is 6.26 Å². The van der Waals surface area contributed by atoms with E-state index in [0.29, 0.717) is 11.7 Å². The van der Waals surface area contributed by atoms with Gasteiger partial charge in [0, 0.05) is 11.3 Å². The van der Waals surface area contributed by atoms with Crippen LogP contribution in [0.3, 0.4) is 0 Å². The monoisotopic (exact) mass is 422 g/mol. The first-order chi connectivity index (χ1) is 14.7. The second-order valence-electron chi connectivity index (χ2n) is 7.31. The summed E-state index contributed by atoms with van der Waals surface area (Å²) in [6, 6.07) is 12.0. The summed E-state index contributed by atoms with van der Waals surface area (Å²) in [5, 5.41) is 7.83. The van der Waals surface area contributed by atoms with Gasteiger partial charge in [-0.05, 0) is 49.8 Å². The molecule has 1 aliphatic rings. The predicted molar refractivity (Wildman–Crippen MR) is 118 cm³/mol. The van der Waals surface area contributed by atoms with Crippen LogP contribution >= 0.6 is 11.8 Å². The Labute approximate surface area is 180 Å². The predicted octanol–water partition coefficient (Wildman–Crippen LogP) is 5.21. The lowest BCUT2D eigenvalue weighted by molar-refractivity contribution is -0.127. The molecule has 156 valence electrons. The van der Waals surface area contributed by atoms with Gasteiger partial charge in [0.2, 0.25) is 11.1 Å². The Bertz CT molecular complexity index is 993. The number of benzene rings is 1. The number of furan rings is 1. The van der Waals surface area contributed by atoms with Gasteiger partial charge < -0.3 is 9.32 Å². The quantitative estimate of drug-likeness (QED) is 0.505. The fraction of sp³-hybridized carbons (Fsp3) is 0.348. The number of carbonyl (C=O) groups excluding carboxylic acids is 1. The Morgan fingerprint density at radius 1 is 1.23 bits per heavy atom. The number of amides is 1. The molecule has 0 radical (unpaired) electrons. The van der Waals surface area contributed by atoms with Crippen LogP contribution in [0.1, 0.15) is 43.9 Å². The number of hydrogen-bond acceptors (Lipinski definition) is 5. The van der Waals surface area contributed by atoms with Gasteiger partial charge in [0.05, 0.1) is 18.6 Å². The van der Waals surface area contributed by atoms with E-state index in [9.17, 15) is 4.79 Å². The fourth-order valence-corrected chi connectivity index (χ4v) is 4.19. The number of rotatable bonds is 8. The van der Waals surface area contributed by atoms with Gasteiger partial charge in [-0.25, -0.2) is 4.98 Å². The third-order valence-corrected chi connectivity index (χ3v) is 6.07. The largest absolute Gasteiger partial charge is 0.467 e. The maximum absolute atomic E-state index is 13.0. The molecule has 0 atom stereocenters. The molecule has 0 fully saturated rings. The van der Waals surface area contributed by atoms with Crippen LogP contribution in [0.5, 0.6) is 0 Å². The van der Waals surface area contributed by atoms with E-state index in [2.05, 4.69) is 40.3 Å². The number of carbonyl (C=O) groups is 1. The Hall–Kier alpha value is -2.80. The van der Waals surface area contributed by atoms with Crippen molar-refractivity contribution in [3.63, 3.8) is 0 Å². The summed E-state index contributed by atoms with van der Waals surface area (Å²) in [5.74, 6) is 1.83. The van der Waals surface area contributed by atoms with Crippen LogP contribution in [0.2, 0.25) is 0 Å². The van der Waals surface area contributed by atoms with Crippen molar-refractivity contribution in [3.05, 3.63) is 65.8 Å². The molecular formula is C23H26N4O2S. The van der Waals surface area contributed by atoms with Gasteiger partial charge in [-0.15, -0.1) is 5.10 Å². The zero-order chi connectivity index (χ0) is 20.8. The van der Waals surface area contributed by atoms with E-state index >= 15 is 0 Å². The van der Waals surface area contributed by atoms with E-state index in [1.165, 1.54) is 23.7 Å². The van der Waals surface area contributed by atoms with Gasteiger partial charge in [-0.1, -0.05) is 49.0 Å². The summed E-state index contributed by atoms with van der Waals surface area (Å²) >= 11 is 1.35. The third kappa shape index (κ3) is 5.02. The van der Waals surface area contributed by atoms with Crippen LogP contribution < -0.4 is 0 Å². The van der Waals surface area contributed by atoms with Crippen molar-refractivity contribution in [1.29, 1.82) is 0 Å². The zero-order valence-electron chi connectivity index (χ0n) is 17.1. The molecule has 1 N–H and O–H groups in total. The van der Waals surface area contributed by atoms with Crippen molar-refractivity contribution in [2.75, 3.05) is 5.75 Å². The summed E-state index contributed by atoms with van der Waals surface area (Å²) < 4.78 is 5.48. The highest BCUT2D eigenvalue weighted by molar-refractivity contribution is 7.99. The first-order valence-corrected chi connectivity index (χ1v) is 11.4. The molecule has 0 saturated carbocycles. The Morgan fingerprint density at radius 2 is 2.10 bits per heavy atom. The summed E-state index contributed by atoms with van der Waals surface area (Å²) in [5.41, 5.74) is 3.37. The molecule has 0 spiro atoms. The molecule has 2 heterocycles. The number of H-pyrrole nitrogens is 1. The van der Waals surface area contributed by atoms with Gasteiger partial charge >= 0.3 is 0 Å². The minimum atomic E-state index is 0.0446. The third-order valence-electron chi connectivity index (χ3n) is 5.23. The second kappa shape index (κ2) is 9.80. The van der Waals surface area contributed by atoms with E-state index in [0.717, 1.165) is 48.5 Å². The van der Waals surface area contributed by atoms with Gasteiger partial charge in [0.15, 0.2) is 5.82 Å². The average Bonchev–Trinajstić information content (AvgIpc) is 3.49. The highest BCUT2D eigenvalue weighted by Crippen LogP contribution is 2.25. The lowest BCUT2D eigenvalue weighted by atomic mass is 10.0. The molecule has 6 nitrogen and oxygen atoms in total. The van der Waals surface area contributed by atoms with Gasteiger partial charge in [-0.2, -0.15) is 0 Å². The maximum Gasteiger partial charge on any atom is 0.237 e. The number of nitrogens with one attached hydrogen (secondary N) is 1. The zero-order valence-corrected chi connectivity index (χ0v) is 18.0. The van der Waals surface area contributed by atoms with Crippen LogP contribution in [-0.4, -0.2) is 31.7 Å². The van der Waals surface area contributed by atoms with Crippen LogP contribution in [0.15, 0.2) is 64.0 Å². The van der Waals surface area contributed by atoms with Crippen molar-refractivity contribution in [1.82, 2.24) is 20.1 Å². The summed E-state index contributed by atoms with van der Waals surface area (Å²) in [6.45, 7) is 2.59. The van der Waals surface area contributed by atoms with Gasteiger partial charge in [0.1, 0.15) is 5.76 Å². The topological polar surface area (TPSA) is 75.0 Å². The number of aromatic amines is 1. The molecule has 1 aromatic carbocycles. The molecule has 1 amide bonds. The van der Waals surface area contributed by atoms with Crippen molar-refractivity contribution >= 4 is 17.7 Å². The molecule has 0 saturated heterocycles. The van der Waals surface area contributed by atoms with E-state index in [4.69, 9.17) is 4.42 Å². The van der Waals surface area contributed by atoms with E-state index in [-0.39, 0.29) is 11.7 Å². The van der Waals surface area contributed by atoms with Crippen molar-refractivity contribution in [2.45, 2.75) is 50.7 Å². The van der Waals surface area contributed by atoms with Crippen LogP contribution in [0.4, 0.5) is 0 Å². The fourth-order valence-electron chi connectivity index (χ4n) is 3.52. The SMILES string of the molecule is CCc1ccc(-c2nc(SCC(=O)N(Cc3ccco3)C3=CCCCC3)n[nH]2)cc1. The minimum Gasteiger partial charge on any atom is -0.467 e. The van der Waals surface area contributed by atoms with E-state index in [1.807, 2.05) is 29.2 Å². The first-order valence-electron chi connectivity index (χ1n) is 10.4. The minimum absolute atomic E-state index is 0.0446. The number of aromatic nitrogens is 3. The average molecular weight is 423 g/mol. The number of thioether (sulfide) groups is 1. The van der Waals surface area contributed by atoms with Crippen LogP contribution in [0.25, 0.3) is 11.4 Å². The van der Waals surface area contributed by atoms with Gasteiger partial charge in [0.25, 0.3) is 0 Å². The molecule has 0 aliphatic heterocycles. The van der Waals surface area contributed by atoms with E-state index < -0.39 is 0 Å². The molecule has 0 bridgehead atoms. The second-order valence-corrected chi connectivity index (χ2v) is 8.25. The maximum atomic E-state index is 13.0. The molecule has 30 heavy (non-hydrogen) atoms. The van der Waals surface area contributed by atoms with Crippen LogP contribution in [0, 0.1) is 0 Å². The highest BCUT2D eigenvalue weighted by atomic mass is 32.2. The summed E-state index contributed by atoms with van der Waals surface area (Å²) in [4.78, 5) is 19.4. The Balaban J connectivity index is 1.41. The van der Waals surface area contributed by atoms with Crippen molar-refractivity contribution < 1.29 is 9.21 Å². The molecule has 7 heteroatoms. The molecular weight excluding hydrogens is 396 g/mol. The van der Waals surface area contributed by atoms with Crippen LogP contribution in [-0.2, 0) is 17.8 Å². The summed E-state index contributed by atoms with van der Waals surface area (Å²) in [6.07, 6.45) is 9.07. The molecule has 2 aromatic heterocycles. The molecule has 3 aromatic rings. The number of hydrogen-bond donors (Lipinski definition) is 1. The number of nitrogens with zero attached hydrogens (tertiary/aromatic N) is 3. The van der Waals surface area contributed by atoms with Gasteiger partial charge in [-0.3, -0.25) is 9.89 Å². The number of allylic oxidation sites excluding steroid dienone is 2. The lowest BCUT2D eigenvalue weighted by Gasteiger charge is -2.26. The number of aryl methyl sites for hydroxylation is 1. The Kier molecular flexibility index (Phi) is 6.69. The normalized spacial score (nSPS) is 13.8. The highest BCUT2D eigenvalue weighted by Gasteiger charge is 2.21. The molecule has 4 rings (SSSR count). The summed E-state index contributed by atoms with van der Waals surface area (Å²) in [7, 11) is 0. The first kappa shape index (κ1) is 20.5. The van der Waals surface area contributed by atoms with Crippen molar-refractivity contribution in [3.8, 4) is 11.4 Å².